The van der Waals surface area contributed by atoms with Gasteiger partial charge in [0.25, 0.3) is 5.91 Å². The van der Waals surface area contributed by atoms with Crippen molar-refractivity contribution in [3.8, 4) is 5.75 Å². The summed E-state index contributed by atoms with van der Waals surface area (Å²) in [7, 11) is 1.62. The fourth-order valence-corrected chi connectivity index (χ4v) is 1.83. The molecule has 0 aromatic heterocycles. The molecule has 1 aromatic rings. The van der Waals surface area contributed by atoms with Crippen LogP contribution in [0.3, 0.4) is 0 Å². The smallest absolute Gasteiger partial charge is 0.256 e. The number of nitrogens with two attached hydrogens (primary N) is 1. The third kappa shape index (κ3) is 2.25. The molecule has 0 spiro atoms. The minimum Gasteiger partial charge on any atom is -0.493 e. The third-order valence-electron chi connectivity index (χ3n) is 2.90. The summed E-state index contributed by atoms with van der Waals surface area (Å²) in [5, 5.41) is 9.41. The molecular weight excluding hydrogens is 220 g/mol. The summed E-state index contributed by atoms with van der Waals surface area (Å²) in [6, 6.07) is 5.55. The number of amides is 1. The van der Waals surface area contributed by atoms with Crippen LogP contribution in [-0.4, -0.2) is 37.3 Å². The molecule has 3 N–H and O–H groups in total. The maximum Gasteiger partial charge on any atom is 0.256 e. The van der Waals surface area contributed by atoms with Gasteiger partial charge in [-0.3, -0.25) is 4.79 Å². The molecular formula is C12H16N2O3. The van der Waals surface area contributed by atoms with Crippen molar-refractivity contribution in [2.75, 3.05) is 25.1 Å². The standard InChI is InChI=1S/C12H16N2O3/c1-14(12(16)10(15)7-13)9-2-3-11-8(6-9)4-5-17-11/h2-3,6,10,15H,4-5,7,13H2,1H3. The number of benzene rings is 1. The summed E-state index contributed by atoms with van der Waals surface area (Å²) in [6.45, 7) is 0.610. The Morgan fingerprint density at radius 2 is 2.41 bits per heavy atom. The second kappa shape index (κ2) is 4.73. The number of anilines is 1. The number of likely N-dealkylation sites (N-methyl/N-ethyl adjacent to an activating group) is 1. The van der Waals surface area contributed by atoms with Gasteiger partial charge < -0.3 is 20.5 Å². The average Bonchev–Trinajstić information content (AvgIpc) is 2.83. The number of aliphatic hydroxyl groups is 1. The minimum atomic E-state index is -1.15. The minimum absolute atomic E-state index is 0.0722. The van der Waals surface area contributed by atoms with Crippen LogP contribution in [0.2, 0.25) is 0 Å². The Balaban J connectivity index is 2.20. The second-order valence-electron chi connectivity index (χ2n) is 4.04. The van der Waals surface area contributed by atoms with E-state index < -0.39 is 12.0 Å². The van der Waals surface area contributed by atoms with E-state index in [-0.39, 0.29) is 6.54 Å². The molecule has 1 heterocycles. The Labute approximate surface area is 99.8 Å². The lowest BCUT2D eigenvalue weighted by Crippen LogP contribution is -2.40. The predicted octanol–water partition coefficient (Wildman–Crippen LogP) is -0.0961. The van der Waals surface area contributed by atoms with E-state index in [0.717, 1.165) is 23.4 Å². The quantitative estimate of drug-likeness (QED) is 0.768. The van der Waals surface area contributed by atoms with E-state index >= 15 is 0 Å². The van der Waals surface area contributed by atoms with Crippen molar-refractivity contribution in [2.45, 2.75) is 12.5 Å². The Morgan fingerprint density at radius 3 is 3.12 bits per heavy atom. The van der Waals surface area contributed by atoms with E-state index in [4.69, 9.17) is 10.5 Å². The maximum atomic E-state index is 11.7. The molecule has 1 aliphatic rings. The molecule has 92 valence electrons. The van der Waals surface area contributed by atoms with E-state index in [0.29, 0.717) is 6.61 Å². The summed E-state index contributed by atoms with van der Waals surface area (Å²) in [6.07, 6.45) is -0.297. The van der Waals surface area contributed by atoms with Crippen LogP contribution >= 0.6 is 0 Å². The number of fused-ring (bicyclic) bond motifs is 1. The fourth-order valence-electron chi connectivity index (χ4n) is 1.83. The molecule has 0 bridgehead atoms. The van der Waals surface area contributed by atoms with Crippen LogP contribution in [0, 0.1) is 0 Å². The number of carbonyl (C=O) groups excluding carboxylic acids is 1. The number of hydrogen-bond acceptors (Lipinski definition) is 4. The van der Waals surface area contributed by atoms with Crippen molar-refractivity contribution < 1.29 is 14.6 Å². The maximum absolute atomic E-state index is 11.7. The van der Waals surface area contributed by atoms with E-state index in [9.17, 15) is 9.90 Å². The van der Waals surface area contributed by atoms with Crippen molar-refractivity contribution in [1.29, 1.82) is 0 Å². The molecule has 0 saturated carbocycles. The Kier molecular flexibility index (Phi) is 3.31. The molecule has 0 fully saturated rings. The highest BCUT2D eigenvalue weighted by molar-refractivity contribution is 5.96. The highest BCUT2D eigenvalue weighted by Gasteiger charge is 2.20. The average molecular weight is 236 g/mol. The highest BCUT2D eigenvalue weighted by Crippen LogP contribution is 2.29. The Bertz CT molecular complexity index is 434. The van der Waals surface area contributed by atoms with Gasteiger partial charge in [0.1, 0.15) is 11.9 Å². The fraction of sp³-hybridized carbons (Fsp3) is 0.417. The third-order valence-corrected chi connectivity index (χ3v) is 2.90. The normalized spacial score (nSPS) is 15.0. The van der Waals surface area contributed by atoms with E-state index in [2.05, 4.69) is 0 Å². The van der Waals surface area contributed by atoms with Gasteiger partial charge in [0.2, 0.25) is 0 Å². The first kappa shape index (κ1) is 11.9. The zero-order valence-electron chi connectivity index (χ0n) is 9.72. The largest absolute Gasteiger partial charge is 0.493 e. The number of rotatable bonds is 3. The van der Waals surface area contributed by atoms with Crippen molar-refractivity contribution in [3.63, 3.8) is 0 Å². The molecule has 5 nitrogen and oxygen atoms in total. The Morgan fingerprint density at radius 1 is 1.65 bits per heavy atom. The SMILES string of the molecule is CN(C(=O)C(O)CN)c1ccc2c(c1)CCO2. The number of carbonyl (C=O) groups is 1. The number of aliphatic hydroxyl groups excluding tert-OH is 1. The molecule has 0 saturated heterocycles. The predicted molar refractivity (Wildman–Crippen MR) is 64.1 cm³/mol. The van der Waals surface area contributed by atoms with Crippen LogP contribution < -0.4 is 15.4 Å². The number of hydrogen-bond donors (Lipinski definition) is 2. The first-order valence-corrected chi connectivity index (χ1v) is 5.55. The van der Waals surface area contributed by atoms with Crippen molar-refractivity contribution >= 4 is 11.6 Å². The Hall–Kier alpha value is -1.59. The van der Waals surface area contributed by atoms with Gasteiger partial charge >= 0.3 is 0 Å². The van der Waals surface area contributed by atoms with Gasteiger partial charge in [0.15, 0.2) is 0 Å². The van der Waals surface area contributed by atoms with E-state index in [1.165, 1.54) is 4.90 Å². The zero-order chi connectivity index (χ0) is 12.4. The van der Waals surface area contributed by atoms with Crippen LogP contribution in [-0.2, 0) is 11.2 Å². The van der Waals surface area contributed by atoms with Crippen molar-refractivity contribution in [1.82, 2.24) is 0 Å². The molecule has 17 heavy (non-hydrogen) atoms. The lowest BCUT2D eigenvalue weighted by atomic mass is 10.1. The van der Waals surface area contributed by atoms with Crippen LogP contribution in [0.25, 0.3) is 0 Å². The number of ether oxygens (including phenoxy) is 1. The van der Waals surface area contributed by atoms with Gasteiger partial charge in [-0.05, 0) is 23.8 Å². The lowest BCUT2D eigenvalue weighted by molar-refractivity contribution is -0.125. The molecule has 1 aromatic carbocycles. The molecule has 1 unspecified atom stereocenters. The molecule has 1 amide bonds. The van der Waals surface area contributed by atoms with Gasteiger partial charge in [0, 0.05) is 25.7 Å². The molecule has 0 radical (unpaired) electrons. The van der Waals surface area contributed by atoms with Gasteiger partial charge in [-0.15, -0.1) is 0 Å². The zero-order valence-corrected chi connectivity index (χ0v) is 9.72. The summed E-state index contributed by atoms with van der Waals surface area (Å²) < 4.78 is 5.39. The van der Waals surface area contributed by atoms with Crippen molar-refractivity contribution in [2.24, 2.45) is 5.73 Å². The monoisotopic (exact) mass is 236 g/mol. The molecule has 5 heteroatoms. The van der Waals surface area contributed by atoms with Gasteiger partial charge in [0.05, 0.1) is 6.61 Å². The highest BCUT2D eigenvalue weighted by atomic mass is 16.5. The first-order valence-electron chi connectivity index (χ1n) is 5.55. The van der Waals surface area contributed by atoms with Gasteiger partial charge in [-0.2, -0.15) is 0 Å². The van der Waals surface area contributed by atoms with Crippen LogP contribution in [0.5, 0.6) is 5.75 Å². The lowest BCUT2D eigenvalue weighted by Gasteiger charge is -2.20. The summed E-state index contributed by atoms with van der Waals surface area (Å²) >= 11 is 0. The first-order chi connectivity index (χ1) is 8.13. The van der Waals surface area contributed by atoms with E-state index in [1.807, 2.05) is 12.1 Å². The van der Waals surface area contributed by atoms with Crippen LogP contribution in [0.1, 0.15) is 5.56 Å². The van der Waals surface area contributed by atoms with Gasteiger partial charge in [-0.1, -0.05) is 0 Å². The van der Waals surface area contributed by atoms with E-state index in [1.54, 1.807) is 13.1 Å². The summed E-state index contributed by atoms with van der Waals surface area (Å²) in [5.74, 6) is 0.473. The molecule has 1 aliphatic heterocycles. The number of nitrogens with zero attached hydrogens (tertiary/aromatic N) is 1. The van der Waals surface area contributed by atoms with Crippen molar-refractivity contribution in [3.05, 3.63) is 23.8 Å². The summed E-state index contributed by atoms with van der Waals surface area (Å²) in [4.78, 5) is 13.2. The summed E-state index contributed by atoms with van der Waals surface area (Å²) in [5.41, 5.74) is 7.09. The van der Waals surface area contributed by atoms with Crippen LogP contribution in [0.4, 0.5) is 5.69 Å². The van der Waals surface area contributed by atoms with Gasteiger partial charge in [-0.25, -0.2) is 0 Å². The topological polar surface area (TPSA) is 75.8 Å². The second-order valence-corrected chi connectivity index (χ2v) is 4.04. The molecule has 0 aliphatic carbocycles. The van der Waals surface area contributed by atoms with Crippen LogP contribution in [0.15, 0.2) is 18.2 Å². The molecule has 1 atom stereocenters. The molecule has 2 rings (SSSR count).